The predicted octanol–water partition coefficient (Wildman–Crippen LogP) is 3.72. The monoisotopic (exact) mass is 340 g/mol. The zero-order chi connectivity index (χ0) is 14.9. The average Bonchev–Trinajstić information content (AvgIpc) is 2.79. The topological polar surface area (TPSA) is 53.4 Å². The van der Waals surface area contributed by atoms with E-state index in [0.717, 1.165) is 11.1 Å². The van der Waals surface area contributed by atoms with Gasteiger partial charge in [-0.3, -0.25) is 0 Å². The standard InChI is InChI=1S/C14H17BrN2O3/c1-14(2,3)20-13(18)17-8-16-12-9(7-15)5-10(19-4)6-11(12)17/h5-6,8H,7H2,1-4H3. The van der Waals surface area contributed by atoms with Crippen LogP contribution in [0.25, 0.3) is 11.0 Å². The zero-order valence-corrected chi connectivity index (χ0v) is 13.5. The molecule has 108 valence electrons. The fourth-order valence-electron chi connectivity index (χ4n) is 1.84. The van der Waals surface area contributed by atoms with Crippen LogP contribution < -0.4 is 4.74 Å². The van der Waals surface area contributed by atoms with Crippen LogP contribution in [0.5, 0.6) is 5.75 Å². The first-order valence-electron chi connectivity index (χ1n) is 6.19. The van der Waals surface area contributed by atoms with Gasteiger partial charge in [-0.05, 0) is 32.4 Å². The number of aromatic nitrogens is 2. The lowest BCUT2D eigenvalue weighted by molar-refractivity contribution is 0.0543. The third-order valence-corrected chi connectivity index (χ3v) is 3.28. The summed E-state index contributed by atoms with van der Waals surface area (Å²) in [4.78, 5) is 16.5. The summed E-state index contributed by atoms with van der Waals surface area (Å²) in [6, 6.07) is 3.67. The highest BCUT2D eigenvalue weighted by molar-refractivity contribution is 9.08. The normalized spacial score (nSPS) is 11.7. The molecule has 0 N–H and O–H groups in total. The van der Waals surface area contributed by atoms with E-state index in [1.54, 1.807) is 13.2 Å². The molecule has 0 fully saturated rings. The number of rotatable bonds is 2. The molecule has 0 aliphatic rings. The fraction of sp³-hybridized carbons (Fsp3) is 0.429. The van der Waals surface area contributed by atoms with Gasteiger partial charge in [0, 0.05) is 11.4 Å². The van der Waals surface area contributed by atoms with Crippen LogP contribution in [0.1, 0.15) is 26.3 Å². The molecule has 0 amide bonds. The summed E-state index contributed by atoms with van der Waals surface area (Å²) in [6.45, 7) is 5.48. The van der Waals surface area contributed by atoms with E-state index < -0.39 is 11.7 Å². The van der Waals surface area contributed by atoms with E-state index in [0.29, 0.717) is 16.6 Å². The lowest BCUT2D eigenvalue weighted by Crippen LogP contribution is -2.26. The number of halogens is 1. The SMILES string of the molecule is COc1cc(CBr)c2ncn(C(=O)OC(C)(C)C)c2c1. The second-order valence-corrected chi connectivity index (χ2v) is 5.94. The van der Waals surface area contributed by atoms with Gasteiger partial charge in [0.2, 0.25) is 0 Å². The molecular formula is C14H17BrN2O3. The fourth-order valence-corrected chi connectivity index (χ4v) is 2.26. The largest absolute Gasteiger partial charge is 0.497 e. The molecule has 1 aromatic heterocycles. The van der Waals surface area contributed by atoms with Crippen molar-refractivity contribution >= 4 is 33.1 Å². The van der Waals surface area contributed by atoms with Crippen molar-refractivity contribution in [3.63, 3.8) is 0 Å². The van der Waals surface area contributed by atoms with Gasteiger partial charge in [-0.1, -0.05) is 15.9 Å². The van der Waals surface area contributed by atoms with Gasteiger partial charge < -0.3 is 9.47 Å². The van der Waals surface area contributed by atoms with Gasteiger partial charge in [0.1, 0.15) is 17.7 Å². The molecule has 20 heavy (non-hydrogen) atoms. The van der Waals surface area contributed by atoms with Crippen molar-refractivity contribution in [2.24, 2.45) is 0 Å². The number of methoxy groups -OCH3 is 1. The van der Waals surface area contributed by atoms with Gasteiger partial charge in [0.25, 0.3) is 0 Å². The molecule has 0 bridgehead atoms. The summed E-state index contributed by atoms with van der Waals surface area (Å²) in [5.74, 6) is 0.678. The second-order valence-electron chi connectivity index (χ2n) is 5.38. The number of alkyl halides is 1. The smallest absolute Gasteiger partial charge is 0.420 e. The molecule has 0 aliphatic carbocycles. The summed E-state index contributed by atoms with van der Waals surface area (Å²) in [5, 5.41) is 0.631. The minimum absolute atomic E-state index is 0.450. The Morgan fingerprint density at radius 3 is 2.65 bits per heavy atom. The molecule has 2 rings (SSSR count). The van der Waals surface area contributed by atoms with Crippen LogP contribution in [0.15, 0.2) is 18.5 Å². The summed E-state index contributed by atoms with van der Waals surface area (Å²) >= 11 is 3.42. The number of hydrogen-bond acceptors (Lipinski definition) is 4. The zero-order valence-electron chi connectivity index (χ0n) is 11.9. The van der Waals surface area contributed by atoms with Gasteiger partial charge in [-0.15, -0.1) is 0 Å². The number of carbonyl (C=O) groups is 1. The van der Waals surface area contributed by atoms with Gasteiger partial charge >= 0.3 is 6.09 Å². The Kier molecular flexibility index (Phi) is 4.04. The number of benzene rings is 1. The molecule has 0 atom stereocenters. The molecule has 0 aliphatic heterocycles. The summed E-state index contributed by atoms with van der Waals surface area (Å²) < 4.78 is 12.0. The van der Waals surface area contributed by atoms with Crippen molar-refractivity contribution in [3.05, 3.63) is 24.0 Å². The number of hydrogen-bond donors (Lipinski definition) is 0. The number of imidazole rings is 1. The van der Waals surface area contributed by atoms with Crippen molar-refractivity contribution in [1.82, 2.24) is 9.55 Å². The van der Waals surface area contributed by atoms with Gasteiger partial charge in [0.05, 0.1) is 18.1 Å². The van der Waals surface area contributed by atoms with E-state index >= 15 is 0 Å². The van der Waals surface area contributed by atoms with Crippen LogP contribution in [0.4, 0.5) is 4.79 Å². The van der Waals surface area contributed by atoms with Gasteiger partial charge in [-0.25, -0.2) is 14.3 Å². The third kappa shape index (κ3) is 2.95. The predicted molar refractivity (Wildman–Crippen MR) is 80.5 cm³/mol. The third-order valence-electron chi connectivity index (χ3n) is 2.67. The average molecular weight is 341 g/mol. The second kappa shape index (κ2) is 5.44. The molecule has 0 spiro atoms. The van der Waals surface area contributed by atoms with Crippen molar-refractivity contribution in [1.29, 1.82) is 0 Å². The Bertz CT molecular complexity index is 644. The highest BCUT2D eigenvalue weighted by atomic mass is 79.9. The van der Waals surface area contributed by atoms with Crippen LogP contribution in [0, 0.1) is 0 Å². The van der Waals surface area contributed by atoms with Crippen LogP contribution in [0.2, 0.25) is 0 Å². The van der Waals surface area contributed by atoms with Crippen molar-refractivity contribution < 1.29 is 14.3 Å². The lowest BCUT2D eigenvalue weighted by Gasteiger charge is -2.19. The Labute approximate surface area is 126 Å². The molecule has 2 aromatic rings. The van der Waals surface area contributed by atoms with Crippen molar-refractivity contribution in [2.75, 3.05) is 7.11 Å². The van der Waals surface area contributed by atoms with Crippen LogP contribution in [-0.4, -0.2) is 28.4 Å². The van der Waals surface area contributed by atoms with Crippen molar-refractivity contribution in [2.45, 2.75) is 31.7 Å². The first-order chi connectivity index (χ1) is 9.35. The number of nitrogens with zero attached hydrogens (tertiary/aromatic N) is 2. The molecule has 0 saturated carbocycles. The molecule has 1 aromatic carbocycles. The maximum absolute atomic E-state index is 12.2. The van der Waals surface area contributed by atoms with Gasteiger partial charge in [0.15, 0.2) is 0 Å². The Hall–Kier alpha value is -1.56. The van der Waals surface area contributed by atoms with E-state index in [1.165, 1.54) is 10.9 Å². The van der Waals surface area contributed by atoms with Crippen molar-refractivity contribution in [3.8, 4) is 5.75 Å². The Morgan fingerprint density at radius 1 is 1.40 bits per heavy atom. The summed E-state index contributed by atoms with van der Waals surface area (Å²) in [6.07, 6.45) is 1.03. The highest BCUT2D eigenvalue weighted by Crippen LogP contribution is 2.26. The van der Waals surface area contributed by atoms with Crippen LogP contribution in [0.3, 0.4) is 0 Å². The quantitative estimate of drug-likeness (QED) is 0.781. The molecule has 0 unspecified atom stereocenters. The number of carbonyl (C=O) groups excluding carboxylic acids is 1. The minimum Gasteiger partial charge on any atom is -0.497 e. The Morgan fingerprint density at radius 2 is 2.10 bits per heavy atom. The highest BCUT2D eigenvalue weighted by Gasteiger charge is 2.20. The van der Waals surface area contributed by atoms with E-state index in [-0.39, 0.29) is 0 Å². The first-order valence-corrected chi connectivity index (χ1v) is 7.31. The molecular weight excluding hydrogens is 324 g/mol. The van der Waals surface area contributed by atoms with E-state index in [4.69, 9.17) is 9.47 Å². The number of ether oxygens (including phenoxy) is 2. The molecule has 1 heterocycles. The van der Waals surface area contributed by atoms with E-state index in [2.05, 4.69) is 20.9 Å². The maximum Gasteiger partial charge on any atom is 0.420 e. The maximum atomic E-state index is 12.2. The van der Waals surface area contributed by atoms with E-state index in [9.17, 15) is 4.79 Å². The first kappa shape index (κ1) is 14.8. The van der Waals surface area contributed by atoms with Crippen LogP contribution in [-0.2, 0) is 10.1 Å². The summed E-state index contributed by atoms with van der Waals surface area (Å²) in [5.41, 5.74) is 1.84. The van der Waals surface area contributed by atoms with Gasteiger partial charge in [-0.2, -0.15) is 0 Å². The lowest BCUT2D eigenvalue weighted by atomic mass is 10.2. The van der Waals surface area contributed by atoms with E-state index in [1.807, 2.05) is 26.8 Å². The molecule has 0 radical (unpaired) electrons. The minimum atomic E-state index is -0.551. The molecule has 5 nitrogen and oxygen atoms in total. The molecule has 6 heteroatoms. The number of fused-ring (bicyclic) bond motifs is 1. The van der Waals surface area contributed by atoms with Crippen LogP contribution >= 0.6 is 15.9 Å². The Balaban J connectivity index is 2.53. The molecule has 0 saturated heterocycles. The summed E-state index contributed by atoms with van der Waals surface area (Å²) in [7, 11) is 1.59.